The molecule has 0 fully saturated rings. The SMILES string of the molecule is Cn1cc(CNc2ncnc3c2cnn3C)cn1. The van der Waals surface area contributed by atoms with Crippen molar-refractivity contribution in [3.8, 4) is 0 Å². The summed E-state index contributed by atoms with van der Waals surface area (Å²) in [6.45, 7) is 0.675. The van der Waals surface area contributed by atoms with E-state index in [9.17, 15) is 0 Å². The molecule has 0 amide bonds. The summed E-state index contributed by atoms with van der Waals surface area (Å²) in [5, 5.41) is 12.5. The molecule has 18 heavy (non-hydrogen) atoms. The van der Waals surface area contributed by atoms with Crippen molar-refractivity contribution in [2.24, 2.45) is 14.1 Å². The number of anilines is 1. The van der Waals surface area contributed by atoms with Gasteiger partial charge >= 0.3 is 0 Å². The minimum absolute atomic E-state index is 0.675. The maximum Gasteiger partial charge on any atom is 0.163 e. The number of hydrogen-bond donors (Lipinski definition) is 1. The Labute approximate surface area is 103 Å². The zero-order valence-corrected chi connectivity index (χ0v) is 10.2. The maximum atomic E-state index is 4.24. The molecule has 3 rings (SSSR count). The summed E-state index contributed by atoms with van der Waals surface area (Å²) in [7, 11) is 3.76. The van der Waals surface area contributed by atoms with Crippen LogP contribution in [0.3, 0.4) is 0 Å². The van der Waals surface area contributed by atoms with E-state index in [2.05, 4.69) is 25.5 Å². The van der Waals surface area contributed by atoms with Gasteiger partial charge in [0.25, 0.3) is 0 Å². The summed E-state index contributed by atoms with van der Waals surface area (Å²) in [5.41, 5.74) is 1.92. The fourth-order valence-corrected chi connectivity index (χ4v) is 1.85. The highest BCUT2D eigenvalue weighted by atomic mass is 15.3. The molecule has 0 aromatic carbocycles. The summed E-state index contributed by atoms with van der Waals surface area (Å²) < 4.78 is 3.50. The van der Waals surface area contributed by atoms with Crippen LogP contribution in [0.15, 0.2) is 24.9 Å². The van der Waals surface area contributed by atoms with Crippen LogP contribution in [0.4, 0.5) is 5.82 Å². The van der Waals surface area contributed by atoms with Crippen LogP contribution in [-0.2, 0) is 20.6 Å². The summed E-state index contributed by atoms with van der Waals surface area (Å²) >= 11 is 0. The van der Waals surface area contributed by atoms with E-state index in [-0.39, 0.29) is 0 Å². The Morgan fingerprint density at radius 2 is 2.06 bits per heavy atom. The van der Waals surface area contributed by atoms with Crippen molar-refractivity contribution in [3.63, 3.8) is 0 Å². The molecule has 3 heterocycles. The molecule has 92 valence electrons. The van der Waals surface area contributed by atoms with Gasteiger partial charge in [-0.2, -0.15) is 10.2 Å². The Balaban J connectivity index is 1.86. The van der Waals surface area contributed by atoms with Gasteiger partial charge < -0.3 is 5.32 Å². The molecule has 0 aliphatic carbocycles. The van der Waals surface area contributed by atoms with Gasteiger partial charge in [-0.05, 0) is 0 Å². The Morgan fingerprint density at radius 1 is 1.17 bits per heavy atom. The molecule has 0 aliphatic rings. The van der Waals surface area contributed by atoms with Crippen molar-refractivity contribution >= 4 is 16.9 Å². The summed E-state index contributed by atoms with van der Waals surface area (Å²) in [6, 6.07) is 0. The third-order valence-electron chi connectivity index (χ3n) is 2.75. The molecule has 7 nitrogen and oxygen atoms in total. The Bertz CT molecular complexity index is 682. The number of aryl methyl sites for hydroxylation is 2. The topological polar surface area (TPSA) is 73.5 Å². The second-order valence-electron chi connectivity index (χ2n) is 4.10. The third kappa shape index (κ3) is 1.79. The van der Waals surface area contributed by atoms with Crippen molar-refractivity contribution < 1.29 is 0 Å². The van der Waals surface area contributed by atoms with Gasteiger partial charge in [0.1, 0.15) is 12.1 Å². The minimum atomic E-state index is 0.675. The molecule has 0 atom stereocenters. The van der Waals surface area contributed by atoms with Gasteiger partial charge in [0.2, 0.25) is 0 Å². The summed E-state index contributed by atoms with van der Waals surface area (Å²) in [5.74, 6) is 0.789. The molecular weight excluding hydrogens is 230 g/mol. The van der Waals surface area contributed by atoms with Crippen LogP contribution >= 0.6 is 0 Å². The standard InChI is InChI=1S/C11H13N7/c1-17-6-8(4-15-17)3-12-10-9-5-16-18(2)11(9)14-7-13-10/h4-7H,3H2,1-2H3,(H,12,13,14). The van der Waals surface area contributed by atoms with Crippen molar-refractivity contribution in [3.05, 3.63) is 30.5 Å². The first-order valence-electron chi connectivity index (χ1n) is 5.58. The van der Waals surface area contributed by atoms with Gasteiger partial charge in [-0.25, -0.2) is 9.97 Å². The van der Waals surface area contributed by atoms with Crippen LogP contribution in [0.25, 0.3) is 11.0 Å². The lowest BCUT2D eigenvalue weighted by molar-refractivity contribution is 0.767. The fraction of sp³-hybridized carbons (Fsp3) is 0.273. The molecule has 0 saturated carbocycles. The Kier molecular flexibility index (Phi) is 2.44. The van der Waals surface area contributed by atoms with Crippen molar-refractivity contribution in [2.45, 2.75) is 6.54 Å². The third-order valence-corrected chi connectivity index (χ3v) is 2.75. The molecule has 7 heteroatoms. The van der Waals surface area contributed by atoms with E-state index < -0.39 is 0 Å². The maximum absolute atomic E-state index is 4.24. The monoisotopic (exact) mass is 243 g/mol. The first-order chi connectivity index (χ1) is 8.74. The number of hydrogen-bond acceptors (Lipinski definition) is 5. The van der Waals surface area contributed by atoms with Gasteiger partial charge in [-0.15, -0.1) is 0 Å². The number of rotatable bonds is 3. The van der Waals surface area contributed by atoms with Gasteiger partial charge in [-0.3, -0.25) is 9.36 Å². The molecule has 3 aromatic heterocycles. The largest absolute Gasteiger partial charge is 0.365 e. The molecule has 3 aromatic rings. The molecule has 0 saturated heterocycles. The van der Waals surface area contributed by atoms with E-state index >= 15 is 0 Å². The quantitative estimate of drug-likeness (QED) is 0.733. The van der Waals surface area contributed by atoms with Crippen LogP contribution in [-0.4, -0.2) is 29.5 Å². The lowest BCUT2D eigenvalue weighted by Gasteiger charge is -2.04. The lowest BCUT2D eigenvalue weighted by atomic mass is 10.3. The van der Waals surface area contributed by atoms with Gasteiger partial charge in [0.05, 0.1) is 17.8 Å². The van der Waals surface area contributed by atoms with Gasteiger partial charge in [0, 0.05) is 32.4 Å². The normalized spacial score (nSPS) is 11.0. The van der Waals surface area contributed by atoms with E-state index in [1.54, 1.807) is 15.6 Å². The van der Waals surface area contributed by atoms with E-state index in [0.717, 1.165) is 22.4 Å². The van der Waals surface area contributed by atoms with Crippen molar-refractivity contribution in [1.29, 1.82) is 0 Å². The average molecular weight is 243 g/mol. The van der Waals surface area contributed by atoms with Crippen LogP contribution in [0.5, 0.6) is 0 Å². The average Bonchev–Trinajstić information content (AvgIpc) is 2.94. The number of aromatic nitrogens is 6. The molecule has 0 unspecified atom stereocenters. The zero-order chi connectivity index (χ0) is 12.5. The smallest absolute Gasteiger partial charge is 0.163 e. The summed E-state index contributed by atoms with van der Waals surface area (Å²) in [6.07, 6.45) is 7.10. The molecular formula is C11H13N7. The summed E-state index contributed by atoms with van der Waals surface area (Å²) in [4.78, 5) is 8.43. The highest BCUT2D eigenvalue weighted by Crippen LogP contribution is 2.18. The number of nitrogens with one attached hydrogen (secondary N) is 1. The predicted molar refractivity (Wildman–Crippen MR) is 66.8 cm³/mol. The zero-order valence-electron chi connectivity index (χ0n) is 10.2. The fourth-order valence-electron chi connectivity index (χ4n) is 1.85. The number of nitrogens with zero attached hydrogens (tertiary/aromatic N) is 6. The lowest BCUT2D eigenvalue weighted by Crippen LogP contribution is -2.02. The second kappa shape index (κ2) is 4.10. The van der Waals surface area contributed by atoms with Gasteiger partial charge in [-0.1, -0.05) is 0 Å². The molecule has 0 spiro atoms. The Morgan fingerprint density at radius 3 is 2.83 bits per heavy atom. The molecule has 0 bridgehead atoms. The first-order valence-corrected chi connectivity index (χ1v) is 5.58. The Hall–Kier alpha value is -2.44. The minimum Gasteiger partial charge on any atom is -0.365 e. The molecule has 0 radical (unpaired) electrons. The van der Waals surface area contributed by atoms with Crippen LogP contribution in [0, 0.1) is 0 Å². The van der Waals surface area contributed by atoms with E-state index in [1.807, 2.05) is 26.5 Å². The highest BCUT2D eigenvalue weighted by molar-refractivity contribution is 5.85. The van der Waals surface area contributed by atoms with Crippen LogP contribution < -0.4 is 5.32 Å². The number of fused-ring (bicyclic) bond motifs is 1. The van der Waals surface area contributed by atoms with E-state index in [4.69, 9.17) is 0 Å². The van der Waals surface area contributed by atoms with E-state index in [1.165, 1.54) is 6.33 Å². The molecule has 0 aliphatic heterocycles. The molecule has 1 N–H and O–H groups in total. The van der Waals surface area contributed by atoms with Crippen molar-refractivity contribution in [1.82, 2.24) is 29.5 Å². The predicted octanol–water partition coefficient (Wildman–Crippen LogP) is 0.709. The second-order valence-corrected chi connectivity index (χ2v) is 4.10. The highest BCUT2D eigenvalue weighted by Gasteiger charge is 2.07. The van der Waals surface area contributed by atoms with Crippen LogP contribution in [0.2, 0.25) is 0 Å². The van der Waals surface area contributed by atoms with Gasteiger partial charge in [0.15, 0.2) is 5.65 Å². The van der Waals surface area contributed by atoms with Crippen LogP contribution in [0.1, 0.15) is 5.56 Å². The first kappa shape index (κ1) is 10.7. The van der Waals surface area contributed by atoms with Crippen molar-refractivity contribution in [2.75, 3.05) is 5.32 Å². The van der Waals surface area contributed by atoms with E-state index in [0.29, 0.717) is 6.54 Å².